The van der Waals surface area contributed by atoms with E-state index in [2.05, 4.69) is 0 Å². The molecule has 0 bridgehead atoms. The van der Waals surface area contributed by atoms with Gasteiger partial charge in [0, 0.05) is 0 Å². The first-order valence-electron chi connectivity index (χ1n) is 7.76. The zero-order valence-electron chi connectivity index (χ0n) is 12.0. The first kappa shape index (κ1) is 15.3. The normalized spacial score (nSPS) is 24.9. The number of hydrogen-bond acceptors (Lipinski definition) is 4. The van der Waals surface area contributed by atoms with Crippen LogP contribution in [0.15, 0.2) is 0 Å². The molecule has 1 unspecified atom stereocenters. The van der Waals surface area contributed by atoms with Gasteiger partial charge in [-0.15, -0.1) is 0 Å². The van der Waals surface area contributed by atoms with Crippen molar-refractivity contribution in [3.63, 3.8) is 0 Å². The second-order valence-corrected chi connectivity index (χ2v) is 6.20. The average Bonchev–Trinajstić information content (AvgIpc) is 2.48. The van der Waals surface area contributed by atoms with Crippen molar-refractivity contribution in [1.82, 2.24) is 0 Å². The van der Waals surface area contributed by atoms with Gasteiger partial charge in [0.15, 0.2) is 0 Å². The van der Waals surface area contributed by atoms with Crippen LogP contribution in [0.5, 0.6) is 0 Å². The third kappa shape index (κ3) is 3.32. The molecule has 0 aliphatic heterocycles. The molecule has 0 heterocycles. The molecule has 0 amide bonds. The largest absolute Gasteiger partial charge is 0.480 e. The summed E-state index contributed by atoms with van der Waals surface area (Å²) >= 11 is 0. The Bertz CT molecular complexity index is 357. The standard InChI is InChI=1S/C15H25NO4/c16-12(13(17)18)14(19)20-15(9-5-2-6-10-15)11-7-3-1-4-8-11/h11-12H,1-10,16H2,(H,17,18). The van der Waals surface area contributed by atoms with Crippen LogP contribution in [0.25, 0.3) is 0 Å². The molecular formula is C15H25NO4. The van der Waals surface area contributed by atoms with Crippen molar-refractivity contribution in [2.75, 3.05) is 0 Å². The summed E-state index contributed by atoms with van der Waals surface area (Å²) in [5, 5.41) is 8.85. The van der Waals surface area contributed by atoms with Gasteiger partial charge in [-0.1, -0.05) is 25.7 Å². The zero-order chi connectivity index (χ0) is 14.6. The average molecular weight is 283 g/mol. The van der Waals surface area contributed by atoms with Crippen molar-refractivity contribution in [1.29, 1.82) is 0 Å². The van der Waals surface area contributed by atoms with E-state index in [1.54, 1.807) is 0 Å². The summed E-state index contributed by atoms with van der Waals surface area (Å²) in [7, 11) is 0. The van der Waals surface area contributed by atoms with Gasteiger partial charge in [-0.25, -0.2) is 9.59 Å². The molecule has 2 aliphatic rings. The van der Waals surface area contributed by atoms with Crippen LogP contribution in [0.3, 0.4) is 0 Å². The third-order valence-electron chi connectivity index (χ3n) is 4.87. The number of carboxylic acids is 1. The molecule has 114 valence electrons. The summed E-state index contributed by atoms with van der Waals surface area (Å²) in [4.78, 5) is 22.8. The summed E-state index contributed by atoms with van der Waals surface area (Å²) in [6, 6.07) is -1.56. The number of carboxylic acid groups (broad SMARTS) is 1. The highest BCUT2D eigenvalue weighted by Gasteiger charge is 2.44. The minimum absolute atomic E-state index is 0.376. The van der Waals surface area contributed by atoms with Gasteiger partial charge in [-0.3, -0.25) is 0 Å². The van der Waals surface area contributed by atoms with Crippen molar-refractivity contribution < 1.29 is 19.4 Å². The molecule has 0 radical (unpaired) electrons. The Kier molecular flexibility index (Phi) is 5.02. The maximum absolute atomic E-state index is 12.0. The molecular weight excluding hydrogens is 258 g/mol. The van der Waals surface area contributed by atoms with Crippen LogP contribution in [-0.4, -0.2) is 28.7 Å². The van der Waals surface area contributed by atoms with E-state index >= 15 is 0 Å². The zero-order valence-corrected chi connectivity index (χ0v) is 12.0. The van der Waals surface area contributed by atoms with E-state index in [4.69, 9.17) is 15.6 Å². The first-order chi connectivity index (χ1) is 9.55. The van der Waals surface area contributed by atoms with Gasteiger partial charge >= 0.3 is 11.9 Å². The van der Waals surface area contributed by atoms with Gasteiger partial charge in [-0.2, -0.15) is 0 Å². The third-order valence-corrected chi connectivity index (χ3v) is 4.87. The number of aliphatic carboxylic acids is 1. The lowest BCUT2D eigenvalue weighted by Gasteiger charge is -2.44. The quantitative estimate of drug-likeness (QED) is 0.610. The molecule has 2 rings (SSSR count). The lowest BCUT2D eigenvalue weighted by molar-refractivity contribution is -0.177. The van der Waals surface area contributed by atoms with E-state index in [-0.39, 0.29) is 0 Å². The minimum Gasteiger partial charge on any atom is -0.480 e. The fraction of sp³-hybridized carbons (Fsp3) is 0.867. The maximum atomic E-state index is 12.0. The van der Waals surface area contributed by atoms with Crippen LogP contribution >= 0.6 is 0 Å². The number of esters is 1. The van der Waals surface area contributed by atoms with E-state index in [1.807, 2.05) is 0 Å². The van der Waals surface area contributed by atoms with Crippen molar-refractivity contribution in [3.8, 4) is 0 Å². The van der Waals surface area contributed by atoms with Gasteiger partial charge in [0.25, 0.3) is 0 Å². The fourth-order valence-electron chi connectivity index (χ4n) is 3.74. The molecule has 0 aromatic carbocycles. The SMILES string of the molecule is NC(C(=O)O)C(=O)OC1(C2CCCCC2)CCCCC1. The first-order valence-corrected chi connectivity index (χ1v) is 7.76. The Morgan fingerprint density at radius 3 is 2.15 bits per heavy atom. The van der Waals surface area contributed by atoms with Gasteiger partial charge in [0.1, 0.15) is 5.60 Å². The highest BCUT2D eigenvalue weighted by atomic mass is 16.6. The van der Waals surface area contributed by atoms with Crippen LogP contribution in [0.2, 0.25) is 0 Å². The number of ether oxygens (including phenoxy) is 1. The Hall–Kier alpha value is -1.10. The highest BCUT2D eigenvalue weighted by molar-refractivity contribution is 5.98. The summed E-state index contributed by atoms with van der Waals surface area (Å²) in [5.74, 6) is -1.71. The molecule has 2 aliphatic carbocycles. The summed E-state index contributed by atoms with van der Waals surface area (Å²) in [6.45, 7) is 0. The molecule has 2 fully saturated rings. The fourth-order valence-corrected chi connectivity index (χ4v) is 3.74. The smallest absolute Gasteiger partial charge is 0.335 e. The maximum Gasteiger partial charge on any atom is 0.335 e. The molecule has 0 aromatic rings. The number of hydrogen-bond donors (Lipinski definition) is 2. The molecule has 0 aromatic heterocycles. The predicted octanol–water partition coefficient (Wildman–Crippen LogP) is 2.22. The molecule has 20 heavy (non-hydrogen) atoms. The summed E-state index contributed by atoms with van der Waals surface area (Å²) < 4.78 is 5.70. The molecule has 5 heteroatoms. The molecule has 3 N–H and O–H groups in total. The number of carbonyl (C=O) groups is 2. The Labute approximate surface area is 119 Å². The van der Waals surface area contributed by atoms with E-state index in [0.717, 1.165) is 44.9 Å². The molecule has 5 nitrogen and oxygen atoms in total. The summed E-state index contributed by atoms with van der Waals surface area (Å²) in [5.41, 5.74) is 4.94. The predicted molar refractivity (Wildman–Crippen MR) is 74.1 cm³/mol. The van der Waals surface area contributed by atoms with Crippen LogP contribution in [-0.2, 0) is 14.3 Å². The second-order valence-electron chi connectivity index (χ2n) is 6.20. The van der Waals surface area contributed by atoms with Crippen LogP contribution in [0.1, 0.15) is 64.2 Å². The van der Waals surface area contributed by atoms with Crippen molar-refractivity contribution in [2.45, 2.75) is 75.9 Å². The van der Waals surface area contributed by atoms with E-state index in [9.17, 15) is 9.59 Å². The monoisotopic (exact) mass is 283 g/mol. The second kappa shape index (κ2) is 6.57. The molecule has 0 spiro atoms. The molecule has 2 saturated carbocycles. The van der Waals surface area contributed by atoms with Crippen molar-refractivity contribution >= 4 is 11.9 Å². The van der Waals surface area contributed by atoms with Gasteiger partial charge in [-0.05, 0) is 44.4 Å². The Morgan fingerprint density at radius 2 is 1.60 bits per heavy atom. The van der Waals surface area contributed by atoms with E-state index in [1.165, 1.54) is 19.3 Å². The molecule has 1 atom stereocenters. The van der Waals surface area contributed by atoms with E-state index < -0.39 is 23.6 Å². The van der Waals surface area contributed by atoms with Crippen LogP contribution in [0, 0.1) is 5.92 Å². The lowest BCUT2D eigenvalue weighted by Crippen LogP contribution is -2.50. The van der Waals surface area contributed by atoms with Crippen molar-refractivity contribution in [3.05, 3.63) is 0 Å². The van der Waals surface area contributed by atoms with Crippen LogP contribution in [0.4, 0.5) is 0 Å². The minimum atomic E-state index is -1.56. The Balaban J connectivity index is 2.10. The Morgan fingerprint density at radius 1 is 1.05 bits per heavy atom. The van der Waals surface area contributed by atoms with E-state index in [0.29, 0.717) is 5.92 Å². The van der Waals surface area contributed by atoms with Crippen molar-refractivity contribution in [2.24, 2.45) is 11.7 Å². The van der Waals surface area contributed by atoms with Gasteiger partial charge in [0.2, 0.25) is 6.04 Å². The highest BCUT2D eigenvalue weighted by Crippen LogP contribution is 2.44. The number of carbonyl (C=O) groups excluding carboxylic acids is 1. The lowest BCUT2D eigenvalue weighted by atomic mass is 9.69. The van der Waals surface area contributed by atoms with Crippen LogP contribution < -0.4 is 5.73 Å². The number of nitrogens with two attached hydrogens (primary N) is 1. The van der Waals surface area contributed by atoms with Gasteiger partial charge < -0.3 is 15.6 Å². The summed E-state index contributed by atoms with van der Waals surface area (Å²) in [6.07, 6.45) is 10.7. The van der Waals surface area contributed by atoms with Gasteiger partial charge in [0.05, 0.1) is 0 Å². The topological polar surface area (TPSA) is 89.6 Å². The number of rotatable bonds is 4. The molecule has 0 saturated heterocycles.